The van der Waals surface area contributed by atoms with E-state index in [0.717, 1.165) is 11.3 Å². The van der Waals surface area contributed by atoms with Gasteiger partial charge in [0.1, 0.15) is 5.75 Å². The third-order valence-electron chi connectivity index (χ3n) is 3.83. The molecule has 0 aromatic heterocycles. The Kier molecular flexibility index (Phi) is 2.68. The zero-order chi connectivity index (χ0) is 13.5. The molecule has 0 N–H and O–H groups in total. The van der Waals surface area contributed by atoms with Crippen LogP contribution in [0.4, 0.5) is 5.69 Å². The fourth-order valence-electron chi connectivity index (χ4n) is 2.47. The van der Waals surface area contributed by atoms with Crippen molar-refractivity contribution in [1.29, 1.82) is 5.26 Å². The highest BCUT2D eigenvalue weighted by molar-refractivity contribution is 5.97. The van der Waals surface area contributed by atoms with Gasteiger partial charge in [0.05, 0.1) is 30.4 Å². The molecule has 1 saturated heterocycles. The van der Waals surface area contributed by atoms with Crippen LogP contribution in [0.1, 0.15) is 12.0 Å². The number of ether oxygens (including phenoxy) is 2. The lowest BCUT2D eigenvalue weighted by Gasteiger charge is -2.41. The standard InChI is InChI=1S/C14H14N2O3/c1-16-11-6-10(14(4-5-15)8-18-9-14)2-3-12(11)19-7-13(16)17/h2-3,6H,4,7-9H2,1H3. The van der Waals surface area contributed by atoms with Crippen molar-refractivity contribution in [2.75, 3.05) is 31.8 Å². The normalized spacial score (nSPS) is 20.0. The maximum Gasteiger partial charge on any atom is 0.264 e. The third-order valence-corrected chi connectivity index (χ3v) is 3.83. The smallest absolute Gasteiger partial charge is 0.264 e. The van der Waals surface area contributed by atoms with Crippen LogP contribution in [0.5, 0.6) is 5.75 Å². The number of nitriles is 1. The predicted octanol–water partition coefficient (Wildman–Crippen LogP) is 1.22. The van der Waals surface area contributed by atoms with Gasteiger partial charge in [0.25, 0.3) is 5.91 Å². The van der Waals surface area contributed by atoms with Crippen LogP contribution in [0, 0.1) is 11.3 Å². The molecule has 3 rings (SSSR count). The molecule has 1 amide bonds. The molecule has 0 radical (unpaired) electrons. The summed E-state index contributed by atoms with van der Waals surface area (Å²) >= 11 is 0. The van der Waals surface area contributed by atoms with Gasteiger partial charge in [-0.2, -0.15) is 5.26 Å². The second-order valence-corrected chi connectivity index (χ2v) is 5.03. The van der Waals surface area contributed by atoms with Crippen LogP contribution in [-0.2, 0) is 14.9 Å². The molecule has 0 aliphatic carbocycles. The van der Waals surface area contributed by atoms with Crippen molar-refractivity contribution in [3.63, 3.8) is 0 Å². The lowest BCUT2D eigenvalue weighted by atomic mass is 9.76. The molecule has 0 atom stereocenters. The van der Waals surface area contributed by atoms with Crippen molar-refractivity contribution in [2.45, 2.75) is 11.8 Å². The molecule has 5 nitrogen and oxygen atoms in total. The van der Waals surface area contributed by atoms with E-state index < -0.39 is 0 Å². The number of hydrogen-bond acceptors (Lipinski definition) is 4. The van der Waals surface area contributed by atoms with Crippen LogP contribution in [0.3, 0.4) is 0 Å². The highest BCUT2D eigenvalue weighted by atomic mass is 16.5. The monoisotopic (exact) mass is 258 g/mol. The summed E-state index contributed by atoms with van der Waals surface area (Å²) in [6.45, 7) is 1.19. The van der Waals surface area contributed by atoms with E-state index in [0.29, 0.717) is 25.4 Å². The number of rotatable bonds is 2. The number of amides is 1. The fourth-order valence-corrected chi connectivity index (χ4v) is 2.47. The molecule has 0 unspecified atom stereocenters. The van der Waals surface area contributed by atoms with Gasteiger partial charge >= 0.3 is 0 Å². The Morgan fingerprint density at radius 2 is 2.26 bits per heavy atom. The van der Waals surface area contributed by atoms with Crippen molar-refractivity contribution in [2.24, 2.45) is 0 Å². The fraction of sp³-hybridized carbons (Fsp3) is 0.429. The van der Waals surface area contributed by atoms with E-state index in [1.165, 1.54) is 0 Å². The highest BCUT2D eigenvalue weighted by Gasteiger charge is 2.41. The summed E-state index contributed by atoms with van der Waals surface area (Å²) in [5.41, 5.74) is 1.56. The summed E-state index contributed by atoms with van der Waals surface area (Å²) in [6, 6.07) is 7.98. The predicted molar refractivity (Wildman–Crippen MR) is 68.1 cm³/mol. The Hall–Kier alpha value is -2.06. The van der Waals surface area contributed by atoms with E-state index in [9.17, 15) is 4.79 Å². The van der Waals surface area contributed by atoms with Crippen molar-refractivity contribution in [3.05, 3.63) is 23.8 Å². The van der Waals surface area contributed by atoms with Gasteiger partial charge < -0.3 is 14.4 Å². The maximum atomic E-state index is 11.7. The summed E-state index contributed by atoms with van der Waals surface area (Å²) in [4.78, 5) is 13.3. The molecular formula is C14H14N2O3. The maximum absolute atomic E-state index is 11.7. The summed E-state index contributed by atoms with van der Waals surface area (Å²) < 4.78 is 10.7. The molecule has 19 heavy (non-hydrogen) atoms. The van der Waals surface area contributed by atoms with Crippen molar-refractivity contribution < 1.29 is 14.3 Å². The summed E-state index contributed by atoms with van der Waals surface area (Å²) in [7, 11) is 1.74. The van der Waals surface area contributed by atoms with Crippen molar-refractivity contribution >= 4 is 11.6 Å². The zero-order valence-corrected chi connectivity index (χ0v) is 10.7. The molecule has 98 valence electrons. The number of benzene rings is 1. The molecular weight excluding hydrogens is 244 g/mol. The van der Waals surface area contributed by atoms with Gasteiger partial charge in [-0.3, -0.25) is 4.79 Å². The Labute approximate surface area is 111 Å². The molecule has 1 aromatic rings. The molecule has 2 aliphatic heterocycles. The first-order chi connectivity index (χ1) is 9.16. The van der Waals surface area contributed by atoms with Crippen molar-refractivity contribution in [3.8, 4) is 11.8 Å². The molecule has 2 aliphatic rings. The van der Waals surface area contributed by atoms with Gasteiger partial charge in [-0.05, 0) is 17.7 Å². The van der Waals surface area contributed by atoms with Gasteiger partial charge in [0.2, 0.25) is 0 Å². The van der Waals surface area contributed by atoms with Gasteiger partial charge in [-0.25, -0.2) is 0 Å². The first kappa shape index (κ1) is 12.0. The first-order valence-electron chi connectivity index (χ1n) is 6.15. The average Bonchev–Trinajstić information content (AvgIpc) is 2.38. The lowest BCUT2D eigenvalue weighted by molar-refractivity contribution is -0.120. The van der Waals surface area contributed by atoms with Gasteiger partial charge in [0.15, 0.2) is 6.61 Å². The van der Waals surface area contributed by atoms with E-state index >= 15 is 0 Å². The lowest BCUT2D eigenvalue weighted by Crippen LogP contribution is -2.46. The largest absolute Gasteiger partial charge is 0.482 e. The van der Waals surface area contributed by atoms with Gasteiger partial charge in [0, 0.05) is 13.5 Å². The van der Waals surface area contributed by atoms with Gasteiger partial charge in [-0.1, -0.05) is 6.07 Å². The number of carbonyl (C=O) groups is 1. The average molecular weight is 258 g/mol. The summed E-state index contributed by atoms with van der Waals surface area (Å²) in [6.07, 6.45) is 0.421. The number of nitrogens with zero attached hydrogens (tertiary/aromatic N) is 2. The minimum absolute atomic E-state index is 0.0659. The zero-order valence-electron chi connectivity index (χ0n) is 10.7. The minimum Gasteiger partial charge on any atom is -0.482 e. The SMILES string of the molecule is CN1C(=O)COc2ccc(C3(CC#N)COC3)cc21. The number of anilines is 1. The van der Waals surface area contributed by atoms with Crippen LogP contribution >= 0.6 is 0 Å². The summed E-state index contributed by atoms with van der Waals surface area (Å²) in [5.74, 6) is 0.641. The number of likely N-dealkylation sites (N-methyl/N-ethyl adjacent to an activating group) is 1. The third kappa shape index (κ3) is 1.76. The first-order valence-corrected chi connectivity index (χ1v) is 6.15. The second kappa shape index (κ2) is 4.25. The molecule has 1 aromatic carbocycles. The Morgan fingerprint density at radius 1 is 1.47 bits per heavy atom. The Morgan fingerprint density at radius 3 is 2.89 bits per heavy atom. The Balaban J connectivity index is 2.01. The van der Waals surface area contributed by atoms with E-state index in [2.05, 4.69) is 6.07 Å². The topological polar surface area (TPSA) is 62.6 Å². The molecule has 0 saturated carbocycles. The van der Waals surface area contributed by atoms with Gasteiger partial charge in [-0.15, -0.1) is 0 Å². The number of fused-ring (bicyclic) bond motifs is 1. The molecule has 5 heteroatoms. The van der Waals surface area contributed by atoms with E-state index in [1.807, 2.05) is 18.2 Å². The highest BCUT2D eigenvalue weighted by Crippen LogP contribution is 2.40. The summed E-state index contributed by atoms with van der Waals surface area (Å²) in [5, 5.41) is 8.97. The molecule has 2 heterocycles. The van der Waals surface area contributed by atoms with Crippen LogP contribution in [-0.4, -0.2) is 32.8 Å². The quantitative estimate of drug-likeness (QED) is 0.800. The second-order valence-electron chi connectivity index (χ2n) is 5.03. The molecule has 0 spiro atoms. The number of hydrogen-bond donors (Lipinski definition) is 0. The molecule has 0 bridgehead atoms. The number of carbonyl (C=O) groups excluding carboxylic acids is 1. The van der Waals surface area contributed by atoms with Crippen LogP contribution < -0.4 is 9.64 Å². The van der Waals surface area contributed by atoms with Crippen LogP contribution in [0.25, 0.3) is 0 Å². The minimum atomic E-state index is -0.231. The Bertz CT molecular complexity index is 573. The van der Waals surface area contributed by atoms with E-state index in [-0.39, 0.29) is 17.9 Å². The van der Waals surface area contributed by atoms with E-state index in [4.69, 9.17) is 14.7 Å². The van der Waals surface area contributed by atoms with E-state index in [1.54, 1.807) is 11.9 Å². The molecule has 1 fully saturated rings. The van der Waals surface area contributed by atoms with Crippen LogP contribution in [0.15, 0.2) is 18.2 Å². The van der Waals surface area contributed by atoms with Crippen LogP contribution in [0.2, 0.25) is 0 Å². The van der Waals surface area contributed by atoms with Crippen molar-refractivity contribution in [1.82, 2.24) is 0 Å².